The van der Waals surface area contributed by atoms with Gasteiger partial charge in [-0.3, -0.25) is 0 Å². The smallest absolute Gasteiger partial charge is 0.227 e. The number of benzene rings is 8. The zero-order chi connectivity index (χ0) is 34.2. The Kier molecular flexibility index (Phi) is 6.39. The standard InChI is InChI=1S/C47H29N3OS/c1-2-11-32(12-3-1)50-42-16-8-6-14-37(42)38-25-23-35(29-43(38)50)49(34-24-27-45-40(28-34)39-15-7-9-17-44(39)52-45)33-21-18-31(19-22-33)47-48-41-26-20-30-10-4-5-13-36(30)46(41)51-47/h1-29H. The molecule has 5 heteroatoms. The van der Waals surface area contributed by atoms with Crippen molar-refractivity contribution in [3.63, 3.8) is 0 Å². The highest BCUT2D eigenvalue weighted by Gasteiger charge is 2.19. The lowest BCUT2D eigenvalue weighted by Crippen LogP contribution is -2.10. The van der Waals surface area contributed by atoms with Crippen LogP contribution >= 0.6 is 11.3 Å². The predicted octanol–water partition coefficient (Wildman–Crippen LogP) is 13.6. The number of hydrogen-bond donors (Lipinski definition) is 0. The quantitative estimate of drug-likeness (QED) is 0.181. The van der Waals surface area contributed by atoms with E-state index in [1.165, 1.54) is 36.5 Å². The van der Waals surface area contributed by atoms with Crippen molar-refractivity contribution in [1.82, 2.24) is 9.55 Å². The molecule has 0 unspecified atom stereocenters. The monoisotopic (exact) mass is 683 g/mol. The van der Waals surface area contributed by atoms with Crippen molar-refractivity contribution < 1.29 is 4.42 Å². The Morgan fingerprint density at radius 2 is 1.15 bits per heavy atom. The lowest BCUT2D eigenvalue weighted by molar-refractivity contribution is 0.623. The van der Waals surface area contributed by atoms with Gasteiger partial charge in [-0.25, -0.2) is 4.98 Å². The van der Waals surface area contributed by atoms with E-state index in [1.807, 2.05) is 29.5 Å². The van der Waals surface area contributed by atoms with Crippen LogP contribution < -0.4 is 4.90 Å². The minimum absolute atomic E-state index is 0.615. The molecule has 3 aromatic heterocycles. The third-order valence-corrected chi connectivity index (χ3v) is 11.4. The maximum Gasteiger partial charge on any atom is 0.227 e. The van der Waals surface area contributed by atoms with Gasteiger partial charge in [-0.05, 0) is 90.3 Å². The number of fused-ring (bicyclic) bond motifs is 9. The first kappa shape index (κ1) is 29.1. The van der Waals surface area contributed by atoms with Crippen molar-refractivity contribution in [2.45, 2.75) is 0 Å². The van der Waals surface area contributed by atoms with Crippen LogP contribution in [0.1, 0.15) is 0 Å². The van der Waals surface area contributed by atoms with Crippen molar-refractivity contribution in [2.75, 3.05) is 4.90 Å². The molecule has 4 nitrogen and oxygen atoms in total. The van der Waals surface area contributed by atoms with Crippen molar-refractivity contribution >= 4 is 92.2 Å². The molecule has 0 fully saturated rings. The number of thiophene rings is 1. The van der Waals surface area contributed by atoms with Crippen LogP contribution in [-0.2, 0) is 0 Å². The number of rotatable bonds is 5. The van der Waals surface area contributed by atoms with Gasteiger partial charge in [-0.2, -0.15) is 0 Å². The van der Waals surface area contributed by atoms with Crippen LogP contribution in [-0.4, -0.2) is 9.55 Å². The molecule has 11 rings (SSSR count). The Morgan fingerprint density at radius 1 is 0.481 bits per heavy atom. The highest BCUT2D eigenvalue weighted by atomic mass is 32.1. The van der Waals surface area contributed by atoms with Crippen LogP contribution in [0.25, 0.3) is 81.0 Å². The maximum absolute atomic E-state index is 6.42. The predicted molar refractivity (Wildman–Crippen MR) is 219 cm³/mol. The first-order valence-electron chi connectivity index (χ1n) is 17.5. The molecule has 0 amide bonds. The summed E-state index contributed by atoms with van der Waals surface area (Å²) in [6.45, 7) is 0. The minimum Gasteiger partial charge on any atom is -0.435 e. The Balaban J connectivity index is 1.10. The van der Waals surface area contributed by atoms with Crippen LogP contribution in [0.15, 0.2) is 180 Å². The summed E-state index contributed by atoms with van der Waals surface area (Å²) >= 11 is 1.84. The summed E-state index contributed by atoms with van der Waals surface area (Å²) < 4.78 is 11.4. The van der Waals surface area contributed by atoms with Gasteiger partial charge in [0.15, 0.2) is 5.58 Å². The molecule has 0 spiro atoms. The molecule has 0 saturated carbocycles. The number of anilines is 3. The van der Waals surface area contributed by atoms with Crippen molar-refractivity contribution in [3.8, 4) is 17.1 Å². The number of nitrogens with zero attached hydrogens (tertiary/aromatic N) is 3. The van der Waals surface area contributed by atoms with Gasteiger partial charge >= 0.3 is 0 Å². The molecule has 0 aliphatic carbocycles. The second kappa shape index (κ2) is 11.4. The molecule has 52 heavy (non-hydrogen) atoms. The highest BCUT2D eigenvalue weighted by molar-refractivity contribution is 7.25. The number of aromatic nitrogens is 2. The molecule has 3 heterocycles. The van der Waals surface area contributed by atoms with Crippen LogP contribution in [0.4, 0.5) is 17.1 Å². The van der Waals surface area contributed by atoms with Gasteiger partial charge in [0.1, 0.15) is 5.52 Å². The molecular weight excluding hydrogens is 655 g/mol. The topological polar surface area (TPSA) is 34.2 Å². The summed E-state index contributed by atoms with van der Waals surface area (Å²) in [5, 5.41) is 7.21. The zero-order valence-corrected chi connectivity index (χ0v) is 28.7. The van der Waals surface area contributed by atoms with Gasteiger partial charge in [-0.15, -0.1) is 11.3 Å². The normalized spacial score (nSPS) is 11.8. The summed E-state index contributed by atoms with van der Waals surface area (Å²) in [4.78, 5) is 7.26. The Bertz CT molecular complexity index is 3140. The third-order valence-electron chi connectivity index (χ3n) is 10.2. The fourth-order valence-corrected chi connectivity index (χ4v) is 8.87. The summed E-state index contributed by atoms with van der Waals surface area (Å²) in [6.07, 6.45) is 0. The summed E-state index contributed by atoms with van der Waals surface area (Å²) in [6, 6.07) is 62.7. The number of para-hydroxylation sites is 2. The average molecular weight is 684 g/mol. The largest absolute Gasteiger partial charge is 0.435 e. The fraction of sp³-hybridized carbons (Fsp3) is 0. The van der Waals surface area contributed by atoms with Gasteiger partial charge < -0.3 is 13.9 Å². The van der Waals surface area contributed by atoms with E-state index in [4.69, 9.17) is 9.40 Å². The lowest BCUT2D eigenvalue weighted by atomic mass is 10.1. The maximum atomic E-state index is 6.42. The van der Waals surface area contributed by atoms with Crippen LogP contribution in [0.2, 0.25) is 0 Å². The molecule has 0 aliphatic heterocycles. The second-order valence-electron chi connectivity index (χ2n) is 13.2. The van der Waals surface area contributed by atoms with Crippen LogP contribution in [0.5, 0.6) is 0 Å². The average Bonchev–Trinajstić information content (AvgIpc) is 3.91. The van der Waals surface area contributed by atoms with E-state index >= 15 is 0 Å². The number of hydrogen-bond acceptors (Lipinski definition) is 4. The van der Waals surface area contributed by atoms with E-state index in [1.54, 1.807) is 0 Å². The molecule has 0 atom stereocenters. The lowest BCUT2D eigenvalue weighted by Gasteiger charge is -2.26. The van der Waals surface area contributed by atoms with E-state index in [2.05, 4.69) is 167 Å². The van der Waals surface area contributed by atoms with Crippen molar-refractivity contribution in [2.24, 2.45) is 0 Å². The highest BCUT2D eigenvalue weighted by Crippen LogP contribution is 2.43. The van der Waals surface area contributed by atoms with Crippen molar-refractivity contribution in [3.05, 3.63) is 176 Å². The molecule has 0 saturated heterocycles. The molecule has 244 valence electrons. The molecule has 11 aromatic rings. The Hall–Kier alpha value is -6.69. The third kappa shape index (κ3) is 4.50. The van der Waals surface area contributed by atoms with E-state index < -0.39 is 0 Å². The fourth-order valence-electron chi connectivity index (χ4n) is 7.79. The molecular formula is C47H29N3OS. The number of oxazole rings is 1. The summed E-state index contributed by atoms with van der Waals surface area (Å²) in [5.74, 6) is 0.615. The van der Waals surface area contributed by atoms with Crippen LogP contribution in [0, 0.1) is 0 Å². The van der Waals surface area contributed by atoms with Crippen molar-refractivity contribution in [1.29, 1.82) is 0 Å². The SMILES string of the molecule is c1ccc(-n2c3ccccc3c3ccc(N(c4ccc(-c5nc6ccc7ccccc7c6o5)cc4)c4ccc5sc6ccccc6c5c4)cc32)cc1. The second-order valence-corrected chi connectivity index (χ2v) is 14.3. The summed E-state index contributed by atoms with van der Waals surface area (Å²) in [5.41, 5.74) is 9.32. The van der Waals surface area contributed by atoms with Gasteiger partial charge in [0.25, 0.3) is 0 Å². The van der Waals surface area contributed by atoms with E-state index in [9.17, 15) is 0 Å². The first-order valence-corrected chi connectivity index (χ1v) is 18.3. The van der Waals surface area contributed by atoms with Gasteiger partial charge in [0.2, 0.25) is 5.89 Å². The van der Waals surface area contributed by atoms with Gasteiger partial charge in [-0.1, -0.05) is 91.0 Å². The molecule has 0 aliphatic rings. The first-order chi connectivity index (χ1) is 25.8. The van der Waals surface area contributed by atoms with Gasteiger partial charge in [0.05, 0.1) is 11.0 Å². The summed E-state index contributed by atoms with van der Waals surface area (Å²) in [7, 11) is 0. The molecule has 0 radical (unpaired) electrons. The molecule has 8 aromatic carbocycles. The molecule has 0 bridgehead atoms. The minimum atomic E-state index is 0.615. The Morgan fingerprint density at radius 3 is 2.04 bits per heavy atom. The zero-order valence-electron chi connectivity index (χ0n) is 27.9. The van der Waals surface area contributed by atoms with E-state index in [0.29, 0.717) is 5.89 Å². The van der Waals surface area contributed by atoms with Crippen LogP contribution in [0.3, 0.4) is 0 Å². The molecule has 0 N–H and O–H groups in total. The van der Waals surface area contributed by atoms with Gasteiger partial charge in [0, 0.05) is 64.6 Å². The van der Waals surface area contributed by atoms with E-state index in [-0.39, 0.29) is 0 Å². The van der Waals surface area contributed by atoms with E-state index in [0.717, 1.165) is 55.7 Å². The Labute approximate surface area is 303 Å².